The Kier molecular flexibility index (Phi) is 4.82. The summed E-state index contributed by atoms with van der Waals surface area (Å²) in [6.45, 7) is 1.96. The Bertz CT molecular complexity index is 583. The number of halogens is 2. The van der Waals surface area contributed by atoms with Gasteiger partial charge in [0.05, 0.1) is 11.6 Å². The normalized spacial score (nSPS) is 11.9. The van der Waals surface area contributed by atoms with E-state index in [1.165, 1.54) is 0 Å². The molecule has 1 atom stereocenters. The molecule has 0 radical (unpaired) electrons. The Balaban J connectivity index is 2.11. The van der Waals surface area contributed by atoms with Crippen LogP contribution in [0.3, 0.4) is 0 Å². The average molecular weight is 386 g/mol. The van der Waals surface area contributed by atoms with Crippen LogP contribution >= 0.6 is 34.2 Å². The zero-order chi connectivity index (χ0) is 13.8. The van der Waals surface area contributed by atoms with Gasteiger partial charge in [-0.2, -0.15) is 0 Å². The van der Waals surface area contributed by atoms with Gasteiger partial charge in [-0.3, -0.25) is 4.79 Å². The minimum atomic E-state index is -0.0625. The Morgan fingerprint density at radius 2 is 1.79 bits per heavy atom. The zero-order valence-electron chi connectivity index (χ0n) is 10.4. The maximum absolute atomic E-state index is 12.2. The van der Waals surface area contributed by atoms with Crippen molar-refractivity contribution in [2.24, 2.45) is 0 Å². The molecule has 2 aromatic carbocycles. The molecule has 0 spiro atoms. The number of carbonyl (C=O) groups excluding carboxylic acids is 1. The summed E-state index contributed by atoms with van der Waals surface area (Å²) in [5.74, 6) is -0.0625. The standard InChI is InChI=1S/C15H13ClINO/c1-10(11-6-8-12(16)9-7-11)18-15(19)13-4-2-3-5-14(13)17/h2-10H,1H3,(H,18,19)/t10-/m1/s1. The van der Waals surface area contributed by atoms with Crippen LogP contribution in [0.25, 0.3) is 0 Å². The number of benzene rings is 2. The molecule has 0 fully saturated rings. The molecule has 2 rings (SSSR count). The van der Waals surface area contributed by atoms with E-state index >= 15 is 0 Å². The predicted molar refractivity (Wildman–Crippen MR) is 86.5 cm³/mol. The van der Waals surface area contributed by atoms with Crippen molar-refractivity contribution in [2.75, 3.05) is 0 Å². The fourth-order valence-electron chi connectivity index (χ4n) is 1.75. The topological polar surface area (TPSA) is 29.1 Å². The molecule has 1 N–H and O–H groups in total. The van der Waals surface area contributed by atoms with E-state index in [1.54, 1.807) is 0 Å². The SMILES string of the molecule is C[C@@H](NC(=O)c1ccccc1I)c1ccc(Cl)cc1. The molecule has 4 heteroatoms. The predicted octanol–water partition coefficient (Wildman–Crippen LogP) is 4.44. The third kappa shape index (κ3) is 3.70. The van der Waals surface area contributed by atoms with Gasteiger partial charge in [0.25, 0.3) is 5.91 Å². The Labute approximate surface area is 131 Å². The number of hydrogen-bond donors (Lipinski definition) is 1. The van der Waals surface area contributed by atoms with Crippen LogP contribution in [0.4, 0.5) is 0 Å². The van der Waals surface area contributed by atoms with Crippen LogP contribution in [-0.4, -0.2) is 5.91 Å². The summed E-state index contributed by atoms with van der Waals surface area (Å²) >= 11 is 8.01. The van der Waals surface area contributed by atoms with Gasteiger partial charge in [-0.25, -0.2) is 0 Å². The molecule has 1 amide bonds. The van der Waals surface area contributed by atoms with Gasteiger partial charge in [-0.1, -0.05) is 35.9 Å². The van der Waals surface area contributed by atoms with Crippen molar-refractivity contribution in [3.8, 4) is 0 Å². The quantitative estimate of drug-likeness (QED) is 0.778. The summed E-state index contributed by atoms with van der Waals surface area (Å²) in [5.41, 5.74) is 1.73. The zero-order valence-corrected chi connectivity index (χ0v) is 13.3. The second-order valence-electron chi connectivity index (χ2n) is 4.23. The number of hydrogen-bond acceptors (Lipinski definition) is 1. The molecule has 0 saturated carbocycles. The Hall–Kier alpha value is -1.07. The molecule has 2 nitrogen and oxygen atoms in total. The van der Waals surface area contributed by atoms with Crippen LogP contribution in [0.1, 0.15) is 28.9 Å². The molecule has 2 aromatic rings. The van der Waals surface area contributed by atoms with Gasteiger partial charge in [0.1, 0.15) is 0 Å². The third-order valence-electron chi connectivity index (χ3n) is 2.84. The molecule has 0 saturated heterocycles. The van der Waals surface area contributed by atoms with Gasteiger partial charge in [-0.05, 0) is 59.3 Å². The molecule has 0 aliphatic carbocycles. The first-order valence-electron chi connectivity index (χ1n) is 5.89. The van der Waals surface area contributed by atoms with E-state index in [2.05, 4.69) is 27.9 Å². The lowest BCUT2D eigenvalue weighted by Crippen LogP contribution is -2.27. The molecular weight excluding hydrogens is 373 g/mol. The van der Waals surface area contributed by atoms with Crippen molar-refractivity contribution in [1.82, 2.24) is 5.32 Å². The maximum Gasteiger partial charge on any atom is 0.252 e. The van der Waals surface area contributed by atoms with E-state index < -0.39 is 0 Å². The summed E-state index contributed by atoms with van der Waals surface area (Å²) in [6, 6.07) is 15.0. The molecule has 98 valence electrons. The van der Waals surface area contributed by atoms with Crippen molar-refractivity contribution < 1.29 is 4.79 Å². The highest BCUT2D eigenvalue weighted by molar-refractivity contribution is 14.1. The lowest BCUT2D eigenvalue weighted by Gasteiger charge is -2.15. The molecule has 19 heavy (non-hydrogen) atoms. The van der Waals surface area contributed by atoms with Crippen LogP contribution in [0.2, 0.25) is 5.02 Å². The smallest absolute Gasteiger partial charge is 0.252 e. The number of amides is 1. The molecule has 0 unspecified atom stereocenters. The third-order valence-corrected chi connectivity index (χ3v) is 4.03. The molecule has 0 heterocycles. The van der Waals surface area contributed by atoms with Gasteiger partial charge in [0.2, 0.25) is 0 Å². The monoisotopic (exact) mass is 385 g/mol. The summed E-state index contributed by atoms with van der Waals surface area (Å²) < 4.78 is 0.945. The van der Waals surface area contributed by atoms with E-state index in [1.807, 2.05) is 55.5 Å². The van der Waals surface area contributed by atoms with Crippen molar-refractivity contribution >= 4 is 40.1 Å². The largest absolute Gasteiger partial charge is 0.345 e. The van der Waals surface area contributed by atoms with E-state index in [0.29, 0.717) is 10.6 Å². The van der Waals surface area contributed by atoms with Crippen LogP contribution in [-0.2, 0) is 0 Å². The van der Waals surface area contributed by atoms with Crippen LogP contribution in [0.5, 0.6) is 0 Å². The van der Waals surface area contributed by atoms with Gasteiger partial charge in [0, 0.05) is 8.59 Å². The highest BCUT2D eigenvalue weighted by Crippen LogP contribution is 2.18. The van der Waals surface area contributed by atoms with E-state index in [4.69, 9.17) is 11.6 Å². The molecule has 0 aliphatic heterocycles. The van der Waals surface area contributed by atoms with Crippen molar-refractivity contribution in [3.05, 3.63) is 68.3 Å². The maximum atomic E-state index is 12.2. The second-order valence-corrected chi connectivity index (χ2v) is 5.83. The summed E-state index contributed by atoms with van der Waals surface area (Å²) in [4.78, 5) is 12.2. The van der Waals surface area contributed by atoms with Crippen molar-refractivity contribution in [1.29, 1.82) is 0 Å². The van der Waals surface area contributed by atoms with Gasteiger partial charge < -0.3 is 5.32 Å². The Morgan fingerprint density at radius 1 is 1.16 bits per heavy atom. The highest BCUT2D eigenvalue weighted by Gasteiger charge is 2.13. The van der Waals surface area contributed by atoms with E-state index in [9.17, 15) is 4.79 Å². The lowest BCUT2D eigenvalue weighted by molar-refractivity contribution is 0.0939. The van der Waals surface area contributed by atoms with Crippen LogP contribution in [0, 0.1) is 3.57 Å². The second kappa shape index (κ2) is 6.39. The van der Waals surface area contributed by atoms with Gasteiger partial charge in [-0.15, -0.1) is 0 Å². The fraction of sp³-hybridized carbons (Fsp3) is 0.133. The van der Waals surface area contributed by atoms with Crippen LogP contribution < -0.4 is 5.32 Å². The highest BCUT2D eigenvalue weighted by atomic mass is 127. The van der Waals surface area contributed by atoms with Crippen molar-refractivity contribution in [2.45, 2.75) is 13.0 Å². The molecular formula is C15H13ClINO. The first kappa shape index (κ1) is 14.3. The molecule has 0 aromatic heterocycles. The number of carbonyl (C=O) groups is 1. The minimum absolute atomic E-state index is 0.0548. The van der Waals surface area contributed by atoms with E-state index in [0.717, 1.165) is 9.13 Å². The minimum Gasteiger partial charge on any atom is -0.345 e. The molecule has 0 aliphatic rings. The van der Waals surface area contributed by atoms with Gasteiger partial charge >= 0.3 is 0 Å². The van der Waals surface area contributed by atoms with Crippen LogP contribution in [0.15, 0.2) is 48.5 Å². The van der Waals surface area contributed by atoms with Gasteiger partial charge in [0.15, 0.2) is 0 Å². The summed E-state index contributed by atoms with van der Waals surface area (Å²) in [6.07, 6.45) is 0. The fourth-order valence-corrected chi connectivity index (χ4v) is 2.51. The lowest BCUT2D eigenvalue weighted by atomic mass is 10.1. The Morgan fingerprint density at radius 3 is 2.42 bits per heavy atom. The summed E-state index contributed by atoms with van der Waals surface area (Å²) in [7, 11) is 0. The van der Waals surface area contributed by atoms with E-state index in [-0.39, 0.29) is 11.9 Å². The van der Waals surface area contributed by atoms with Crippen molar-refractivity contribution in [3.63, 3.8) is 0 Å². The number of nitrogens with one attached hydrogen (secondary N) is 1. The first-order chi connectivity index (χ1) is 9.08. The summed E-state index contributed by atoms with van der Waals surface area (Å²) in [5, 5.41) is 3.68. The number of rotatable bonds is 3. The average Bonchev–Trinajstić information content (AvgIpc) is 2.39. The molecule has 0 bridgehead atoms. The first-order valence-corrected chi connectivity index (χ1v) is 7.34.